The molecule has 2 aliphatic carbocycles. The van der Waals surface area contributed by atoms with Crippen LogP contribution in [-0.4, -0.2) is 24.0 Å². The number of fused-ring (bicyclic) bond motifs is 3. The van der Waals surface area contributed by atoms with E-state index < -0.39 is 0 Å². The SMILES string of the molecule is CCNC(=O)c1ccc(NCC2C3Cc4ccccc4C23)nc1. The van der Waals surface area contributed by atoms with Gasteiger partial charge in [-0.3, -0.25) is 4.79 Å². The van der Waals surface area contributed by atoms with Crippen LogP contribution in [0.3, 0.4) is 0 Å². The van der Waals surface area contributed by atoms with E-state index in [-0.39, 0.29) is 5.91 Å². The van der Waals surface area contributed by atoms with Crippen LogP contribution in [0.25, 0.3) is 0 Å². The van der Waals surface area contributed by atoms with Gasteiger partial charge < -0.3 is 10.6 Å². The maximum Gasteiger partial charge on any atom is 0.252 e. The third-order valence-corrected chi connectivity index (χ3v) is 5.08. The molecule has 3 unspecified atom stereocenters. The van der Waals surface area contributed by atoms with Crippen LogP contribution in [0.4, 0.5) is 5.82 Å². The molecule has 3 atom stereocenters. The average molecular weight is 307 g/mol. The molecule has 1 saturated carbocycles. The molecule has 2 aliphatic rings. The molecule has 2 N–H and O–H groups in total. The number of nitrogens with zero attached hydrogens (tertiary/aromatic N) is 1. The third-order valence-electron chi connectivity index (χ3n) is 5.08. The van der Waals surface area contributed by atoms with Crippen molar-refractivity contribution in [1.82, 2.24) is 10.3 Å². The lowest BCUT2D eigenvalue weighted by atomic mass is 10.0. The van der Waals surface area contributed by atoms with Crippen molar-refractivity contribution < 1.29 is 4.79 Å². The maximum atomic E-state index is 11.7. The van der Waals surface area contributed by atoms with Crippen LogP contribution in [0.2, 0.25) is 0 Å². The number of rotatable bonds is 5. The summed E-state index contributed by atoms with van der Waals surface area (Å²) >= 11 is 0. The molecule has 1 aromatic heterocycles. The molecule has 23 heavy (non-hydrogen) atoms. The molecule has 4 heteroatoms. The Morgan fingerprint density at radius 1 is 1.26 bits per heavy atom. The molecule has 4 rings (SSSR count). The Hall–Kier alpha value is -2.36. The van der Waals surface area contributed by atoms with E-state index >= 15 is 0 Å². The Bertz CT molecular complexity index is 726. The van der Waals surface area contributed by atoms with Crippen LogP contribution in [0, 0.1) is 11.8 Å². The minimum Gasteiger partial charge on any atom is -0.370 e. The summed E-state index contributed by atoms with van der Waals surface area (Å²) < 4.78 is 0. The lowest BCUT2D eigenvalue weighted by Gasteiger charge is -2.09. The topological polar surface area (TPSA) is 54.0 Å². The quantitative estimate of drug-likeness (QED) is 0.893. The first-order valence-electron chi connectivity index (χ1n) is 8.34. The second-order valence-corrected chi connectivity index (χ2v) is 6.43. The predicted molar refractivity (Wildman–Crippen MR) is 90.6 cm³/mol. The Morgan fingerprint density at radius 2 is 2.13 bits per heavy atom. The summed E-state index contributed by atoms with van der Waals surface area (Å²) in [6, 6.07) is 12.5. The first-order chi connectivity index (χ1) is 11.3. The van der Waals surface area contributed by atoms with Crippen LogP contribution >= 0.6 is 0 Å². The van der Waals surface area contributed by atoms with Gasteiger partial charge >= 0.3 is 0 Å². The minimum absolute atomic E-state index is 0.0696. The van der Waals surface area contributed by atoms with Crippen molar-refractivity contribution in [2.75, 3.05) is 18.4 Å². The van der Waals surface area contributed by atoms with E-state index in [9.17, 15) is 4.79 Å². The summed E-state index contributed by atoms with van der Waals surface area (Å²) in [5.74, 6) is 3.02. The van der Waals surface area contributed by atoms with Gasteiger partial charge in [-0.05, 0) is 54.4 Å². The van der Waals surface area contributed by atoms with E-state index in [4.69, 9.17) is 0 Å². The fourth-order valence-electron chi connectivity index (χ4n) is 3.88. The zero-order valence-corrected chi connectivity index (χ0v) is 13.3. The van der Waals surface area contributed by atoms with Crippen molar-refractivity contribution in [3.63, 3.8) is 0 Å². The van der Waals surface area contributed by atoms with Crippen LogP contribution in [-0.2, 0) is 6.42 Å². The molecule has 0 aliphatic heterocycles. The summed E-state index contributed by atoms with van der Waals surface area (Å²) in [5, 5.41) is 6.20. The zero-order valence-electron chi connectivity index (χ0n) is 13.3. The predicted octanol–water partition coefficient (Wildman–Crippen LogP) is 2.83. The van der Waals surface area contributed by atoms with Crippen molar-refractivity contribution in [3.05, 3.63) is 59.3 Å². The fraction of sp³-hybridized carbons (Fsp3) is 0.368. The highest BCUT2D eigenvalue weighted by molar-refractivity contribution is 5.93. The lowest BCUT2D eigenvalue weighted by Crippen LogP contribution is -2.22. The molecule has 0 bridgehead atoms. The third kappa shape index (κ3) is 2.58. The lowest BCUT2D eigenvalue weighted by molar-refractivity contribution is 0.0955. The summed E-state index contributed by atoms with van der Waals surface area (Å²) in [6.07, 6.45) is 2.85. The molecule has 4 nitrogen and oxygen atoms in total. The highest BCUT2D eigenvalue weighted by Crippen LogP contribution is 2.61. The van der Waals surface area contributed by atoms with Crippen molar-refractivity contribution in [3.8, 4) is 0 Å². The second kappa shape index (κ2) is 5.69. The molecule has 1 aromatic carbocycles. The average Bonchev–Trinajstić information content (AvgIpc) is 3.12. The number of hydrogen-bond acceptors (Lipinski definition) is 3. The standard InChI is InChI=1S/C19H21N3O/c1-2-20-19(23)13-7-8-17(21-10-13)22-11-16-15-9-12-5-3-4-6-14(12)18(15)16/h3-8,10,15-16,18H,2,9,11H2,1H3,(H,20,23)(H,21,22). The largest absolute Gasteiger partial charge is 0.370 e. The number of aromatic nitrogens is 1. The monoisotopic (exact) mass is 307 g/mol. The highest BCUT2D eigenvalue weighted by atomic mass is 16.1. The number of carbonyl (C=O) groups is 1. The molecule has 0 saturated heterocycles. The first kappa shape index (κ1) is 14.2. The molecule has 1 heterocycles. The van der Waals surface area contributed by atoms with E-state index in [1.165, 1.54) is 12.0 Å². The Balaban J connectivity index is 1.34. The summed E-state index contributed by atoms with van der Waals surface area (Å²) in [6.45, 7) is 3.49. The van der Waals surface area contributed by atoms with Gasteiger partial charge in [-0.25, -0.2) is 4.98 Å². The van der Waals surface area contributed by atoms with E-state index in [1.807, 2.05) is 19.1 Å². The highest BCUT2D eigenvalue weighted by Gasteiger charge is 2.54. The smallest absolute Gasteiger partial charge is 0.252 e. The van der Waals surface area contributed by atoms with Crippen molar-refractivity contribution in [2.24, 2.45) is 11.8 Å². The molecular weight excluding hydrogens is 286 g/mol. The normalized spacial score (nSPS) is 23.8. The van der Waals surface area contributed by atoms with Crippen LogP contribution in [0.15, 0.2) is 42.6 Å². The van der Waals surface area contributed by atoms with Gasteiger partial charge in [0.2, 0.25) is 0 Å². The van der Waals surface area contributed by atoms with Crippen molar-refractivity contribution in [1.29, 1.82) is 0 Å². The number of nitrogens with one attached hydrogen (secondary N) is 2. The van der Waals surface area contributed by atoms with Crippen LogP contribution in [0.5, 0.6) is 0 Å². The van der Waals surface area contributed by atoms with Gasteiger partial charge in [0.15, 0.2) is 0 Å². The van der Waals surface area contributed by atoms with Gasteiger partial charge in [0.05, 0.1) is 5.56 Å². The molecule has 0 spiro atoms. The zero-order chi connectivity index (χ0) is 15.8. The summed E-state index contributed by atoms with van der Waals surface area (Å²) in [5.41, 5.74) is 3.68. The van der Waals surface area contributed by atoms with Gasteiger partial charge in [-0.1, -0.05) is 24.3 Å². The number of hydrogen-bond donors (Lipinski definition) is 2. The van der Waals surface area contributed by atoms with Crippen molar-refractivity contribution in [2.45, 2.75) is 19.3 Å². The number of pyridine rings is 1. The summed E-state index contributed by atoms with van der Waals surface area (Å²) in [7, 11) is 0. The van der Waals surface area contributed by atoms with E-state index in [0.29, 0.717) is 12.1 Å². The van der Waals surface area contributed by atoms with Crippen LogP contribution < -0.4 is 10.6 Å². The molecule has 1 amide bonds. The van der Waals surface area contributed by atoms with E-state index in [1.54, 1.807) is 11.8 Å². The van der Waals surface area contributed by atoms with Crippen LogP contribution in [0.1, 0.15) is 34.3 Å². The molecular formula is C19H21N3O. The second-order valence-electron chi connectivity index (χ2n) is 6.43. The Labute approximate surface area is 136 Å². The maximum absolute atomic E-state index is 11.7. The molecule has 1 fully saturated rings. The minimum atomic E-state index is -0.0696. The number of benzene rings is 1. The number of amides is 1. The Kier molecular flexibility index (Phi) is 3.52. The van der Waals surface area contributed by atoms with Gasteiger partial charge in [0.25, 0.3) is 5.91 Å². The number of anilines is 1. The first-order valence-corrected chi connectivity index (χ1v) is 8.34. The Morgan fingerprint density at radius 3 is 2.91 bits per heavy atom. The van der Waals surface area contributed by atoms with E-state index in [2.05, 4.69) is 39.9 Å². The molecule has 118 valence electrons. The fourth-order valence-corrected chi connectivity index (χ4v) is 3.88. The van der Waals surface area contributed by atoms with Gasteiger partial charge in [-0.2, -0.15) is 0 Å². The number of carbonyl (C=O) groups excluding carboxylic acids is 1. The molecule has 0 radical (unpaired) electrons. The van der Waals surface area contributed by atoms with Gasteiger partial charge in [0, 0.05) is 19.3 Å². The van der Waals surface area contributed by atoms with Gasteiger partial charge in [0.1, 0.15) is 5.82 Å². The van der Waals surface area contributed by atoms with E-state index in [0.717, 1.165) is 30.1 Å². The van der Waals surface area contributed by atoms with Gasteiger partial charge in [-0.15, -0.1) is 0 Å². The van der Waals surface area contributed by atoms with Crippen molar-refractivity contribution >= 4 is 11.7 Å². The summed E-state index contributed by atoms with van der Waals surface area (Å²) in [4.78, 5) is 16.1. The molecule has 2 aromatic rings.